The van der Waals surface area contributed by atoms with Gasteiger partial charge < -0.3 is 10.2 Å². The van der Waals surface area contributed by atoms with Crippen molar-refractivity contribution in [3.8, 4) is 0 Å². The Morgan fingerprint density at radius 3 is 2.43 bits per heavy atom. The Kier molecular flexibility index (Phi) is 4.44. The summed E-state index contributed by atoms with van der Waals surface area (Å²) in [6.07, 6.45) is 0. The molecule has 2 aromatic carbocycles. The number of fused-ring (bicyclic) bond motifs is 1. The number of hydrazine groups is 1. The van der Waals surface area contributed by atoms with E-state index in [1.165, 1.54) is 0 Å². The Morgan fingerprint density at radius 2 is 1.75 bits per heavy atom. The fourth-order valence-electron chi connectivity index (χ4n) is 3.47. The Morgan fingerprint density at radius 1 is 1.07 bits per heavy atom. The smallest absolute Gasteiger partial charge is 0.356 e. The van der Waals surface area contributed by atoms with Crippen LogP contribution in [-0.2, 0) is 25.7 Å². The van der Waals surface area contributed by atoms with E-state index >= 15 is 0 Å². The van der Waals surface area contributed by atoms with Crippen molar-refractivity contribution in [2.24, 2.45) is 0 Å². The number of nitrogens with one attached hydrogen (secondary N) is 2. The molecule has 0 aliphatic carbocycles. The number of esters is 1. The summed E-state index contributed by atoms with van der Waals surface area (Å²) in [5, 5.41) is 0. The second-order valence-corrected chi connectivity index (χ2v) is 6.88. The second kappa shape index (κ2) is 6.94. The molecule has 2 aliphatic rings. The number of imide groups is 1. The fraction of sp³-hybridized carbons (Fsp3) is 0.190. The van der Waals surface area contributed by atoms with Gasteiger partial charge in [0.1, 0.15) is 18.3 Å². The maximum Gasteiger partial charge on any atom is 0.356 e. The van der Waals surface area contributed by atoms with Crippen molar-refractivity contribution in [1.29, 1.82) is 0 Å². The fourth-order valence-corrected chi connectivity index (χ4v) is 3.47. The van der Waals surface area contributed by atoms with E-state index in [4.69, 9.17) is 4.74 Å². The molecule has 4 rings (SSSR count). The summed E-state index contributed by atoms with van der Waals surface area (Å²) >= 11 is 0. The Balaban J connectivity index is 1.60. The number of hydrogen-bond acceptors (Lipinski definition) is 6. The molecule has 0 radical (unpaired) electrons. The van der Waals surface area contributed by atoms with Crippen molar-refractivity contribution in [1.82, 2.24) is 10.9 Å². The molecule has 2 aromatic rings. The first-order valence-corrected chi connectivity index (χ1v) is 8.89. The van der Waals surface area contributed by atoms with Crippen LogP contribution >= 0.6 is 0 Å². The van der Waals surface area contributed by atoms with E-state index in [9.17, 15) is 14.4 Å². The lowest BCUT2D eigenvalue weighted by Gasteiger charge is -2.17. The van der Waals surface area contributed by atoms with Gasteiger partial charge in [0.25, 0.3) is 11.8 Å². The van der Waals surface area contributed by atoms with E-state index in [1.54, 1.807) is 12.1 Å². The third kappa shape index (κ3) is 3.05. The molecule has 0 saturated carbocycles. The number of anilines is 1. The first kappa shape index (κ1) is 17.9. The second-order valence-electron chi connectivity index (χ2n) is 6.88. The van der Waals surface area contributed by atoms with Crippen LogP contribution < -0.4 is 15.8 Å². The van der Waals surface area contributed by atoms with Crippen LogP contribution in [0.2, 0.25) is 0 Å². The largest absolute Gasteiger partial charge is 0.456 e. The summed E-state index contributed by atoms with van der Waals surface area (Å²) < 4.78 is 5.30. The molecule has 1 saturated heterocycles. The van der Waals surface area contributed by atoms with Crippen LogP contribution in [0.4, 0.5) is 5.69 Å². The zero-order chi connectivity index (χ0) is 19.8. The molecule has 2 heterocycles. The number of carbonyl (C=O) groups is 3. The summed E-state index contributed by atoms with van der Waals surface area (Å²) in [5.74, 6) is -1.63. The van der Waals surface area contributed by atoms with Gasteiger partial charge in [-0.05, 0) is 42.7 Å². The lowest BCUT2D eigenvalue weighted by Crippen LogP contribution is -2.42. The van der Waals surface area contributed by atoms with Gasteiger partial charge in [-0.1, -0.05) is 36.4 Å². The molecule has 2 aliphatic heterocycles. The molecule has 2 amide bonds. The molecule has 2 N–H and O–H groups in total. The molecule has 0 bridgehead atoms. The predicted molar refractivity (Wildman–Crippen MR) is 102 cm³/mol. The summed E-state index contributed by atoms with van der Waals surface area (Å²) in [4.78, 5) is 39.4. The standard InChI is InChI=1S/C21H19N3O4/c1-12-8-13(2)10-15(9-12)24-19(25)16-17(20(24)26)22-23-18(16)21(27)28-11-14-6-4-3-5-7-14/h3-10,17,22-23H,11H2,1-2H3/t17-/m1/s1. The molecule has 7 nitrogen and oxygen atoms in total. The highest BCUT2D eigenvalue weighted by Crippen LogP contribution is 2.31. The van der Waals surface area contributed by atoms with Gasteiger partial charge in [-0.15, -0.1) is 0 Å². The summed E-state index contributed by atoms with van der Waals surface area (Å²) in [6, 6.07) is 13.8. The molecule has 0 aromatic heterocycles. The molecule has 0 spiro atoms. The molecule has 1 atom stereocenters. The molecule has 7 heteroatoms. The van der Waals surface area contributed by atoms with Crippen molar-refractivity contribution in [3.05, 3.63) is 76.5 Å². The van der Waals surface area contributed by atoms with Gasteiger partial charge in [0.2, 0.25) is 0 Å². The highest BCUT2D eigenvalue weighted by atomic mass is 16.5. The number of ether oxygens (including phenoxy) is 1. The average molecular weight is 377 g/mol. The lowest BCUT2D eigenvalue weighted by atomic mass is 10.1. The van der Waals surface area contributed by atoms with E-state index in [-0.39, 0.29) is 17.9 Å². The number of hydrogen-bond donors (Lipinski definition) is 2. The van der Waals surface area contributed by atoms with Gasteiger partial charge in [0.05, 0.1) is 11.3 Å². The van der Waals surface area contributed by atoms with Crippen LogP contribution in [0.3, 0.4) is 0 Å². The third-order valence-corrected chi connectivity index (χ3v) is 4.68. The number of amides is 2. The van der Waals surface area contributed by atoms with Gasteiger partial charge >= 0.3 is 5.97 Å². The normalized spacial score (nSPS) is 18.4. The van der Waals surface area contributed by atoms with Crippen LogP contribution in [0, 0.1) is 13.8 Å². The predicted octanol–water partition coefficient (Wildman–Crippen LogP) is 1.65. The summed E-state index contributed by atoms with van der Waals surface area (Å²) in [6.45, 7) is 3.87. The minimum Gasteiger partial charge on any atom is -0.456 e. The number of rotatable bonds is 4. The van der Waals surface area contributed by atoms with E-state index in [2.05, 4.69) is 10.9 Å². The van der Waals surface area contributed by atoms with E-state index in [0.717, 1.165) is 21.6 Å². The summed E-state index contributed by atoms with van der Waals surface area (Å²) in [7, 11) is 0. The minimum atomic E-state index is -0.910. The van der Waals surface area contributed by atoms with Crippen molar-refractivity contribution in [3.63, 3.8) is 0 Å². The molecule has 142 valence electrons. The Bertz CT molecular complexity index is 993. The minimum absolute atomic E-state index is 0.0221. The van der Waals surface area contributed by atoms with Gasteiger partial charge in [0, 0.05) is 0 Å². The Labute approximate surface area is 161 Å². The van der Waals surface area contributed by atoms with Crippen LogP contribution in [0.25, 0.3) is 0 Å². The zero-order valence-electron chi connectivity index (χ0n) is 15.5. The van der Waals surface area contributed by atoms with Gasteiger partial charge in [-0.3, -0.25) is 9.59 Å². The van der Waals surface area contributed by atoms with Crippen molar-refractivity contribution in [2.75, 3.05) is 4.90 Å². The van der Waals surface area contributed by atoms with E-state index in [0.29, 0.717) is 5.69 Å². The third-order valence-electron chi connectivity index (χ3n) is 4.68. The maximum atomic E-state index is 13.0. The van der Waals surface area contributed by atoms with Crippen molar-refractivity contribution in [2.45, 2.75) is 26.5 Å². The quantitative estimate of drug-likeness (QED) is 0.622. The first-order valence-electron chi connectivity index (χ1n) is 8.89. The number of carbonyl (C=O) groups excluding carboxylic acids is 3. The van der Waals surface area contributed by atoms with Gasteiger partial charge in [0.15, 0.2) is 0 Å². The first-order chi connectivity index (χ1) is 13.5. The van der Waals surface area contributed by atoms with E-state index in [1.807, 2.05) is 50.2 Å². The van der Waals surface area contributed by atoms with Crippen molar-refractivity contribution < 1.29 is 19.1 Å². The Hall–Kier alpha value is -3.45. The van der Waals surface area contributed by atoms with Crippen LogP contribution in [0.15, 0.2) is 59.8 Å². The maximum absolute atomic E-state index is 13.0. The monoisotopic (exact) mass is 377 g/mol. The molecule has 28 heavy (non-hydrogen) atoms. The molecule has 1 fully saturated rings. The van der Waals surface area contributed by atoms with Crippen LogP contribution in [-0.4, -0.2) is 23.8 Å². The van der Waals surface area contributed by atoms with Gasteiger partial charge in [-0.25, -0.2) is 15.1 Å². The van der Waals surface area contributed by atoms with Crippen LogP contribution in [0.5, 0.6) is 0 Å². The van der Waals surface area contributed by atoms with E-state index < -0.39 is 23.8 Å². The van der Waals surface area contributed by atoms with Crippen molar-refractivity contribution >= 4 is 23.5 Å². The number of benzene rings is 2. The zero-order valence-corrected chi connectivity index (χ0v) is 15.5. The lowest BCUT2D eigenvalue weighted by molar-refractivity contribution is -0.141. The van der Waals surface area contributed by atoms with Gasteiger partial charge in [-0.2, -0.15) is 0 Å². The molecular formula is C21H19N3O4. The SMILES string of the molecule is Cc1cc(C)cc(N2C(=O)C3=C(C(=O)OCc4ccccc4)NN[C@H]3C2=O)c1. The topological polar surface area (TPSA) is 87.7 Å². The van der Waals surface area contributed by atoms with Crippen LogP contribution in [0.1, 0.15) is 16.7 Å². The number of nitrogens with zero attached hydrogens (tertiary/aromatic N) is 1. The molecule has 0 unspecified atom stereocenters. The number of aryl methyl sites for hydroxylation is 2. The summed E-state index contributed by atoms with van der Waals surface area (Å²) in [5.41, 5.74) is 8.62. The highest BCUT2D eigenvalue weighted by Gasteiger charge is 2.50. The molecular weight excluding hydrogens is 358 g/mol. The average Bonchev–Trinajstić information content (AvgIpc) is 3.20. The highest BCUT2D eigenvalue weighted by molar-refractivity contribution is 6.32.